The van der Waals surface area contributed by atoms with Crippen LogP contribution in [0.25, 0.3) is 21.3 Å². The SMILES string of the molecule is COc1ccc(COCCOc2ccc(C(=O)NCC(O)c3cc(I)cc(-c4csc5c(F)cccc45)n3)cc2OC)cc1. The minimum absolute atomic E-state index is 0.0590. The highest BCUT2D eigenvalue weighted by Gasteiger charge is 2.18. The van der Waals surface area contributed by atoms with Crippen LogP contribution in [0.3, 0.4) is 0 Å². The van der Waals surface area contributed by atoms with E-state index in [4.69, 9.17) is 18.9 Å². The Kier molecular flexibility index (Phi) is 10.6. The minimum Gasteiger partial charge on any atom is -0.497 e. The summed E-state index contributed by atoms with van der Waals surface area (Å²) in [7, 11) is 3.12. The first-order chi connectivity index (χ1) is 21.4. The van der Waals surface area contributed by atoms with Gasteiger partial charge in [0.25, 0.3) is 5.91 Å². The summed E-state index contributed by atoms with van der Waals surface area (Å²) in [6.45, 7) is 1.05. The predicted octanol–water partition coefficient (Wildman–Crippen LogP) is 6.78. The molecule has 0 saturated heterocycles. The highest BCUT2D eigenvalue weighted by atomic mass is 127. The number of fused-ring (bicyclic) bond motifs is 1. The topological polar surface area (TPSA) is 99.1 Å². The summed E-state index contributed by atoms with van der Waals surface area (Å²) < 4.78 is 37.7. The zero-order chi connectivity index (χ0) is 31.1. The molecular formula is C33H30FIN2O6S. The van der Waals surface area contributed by atoms with Gasteiger partial charge in [-0.25, -0.2) is 9.37 Å². The quantitative estimate of drug-likeness (QED) is 0.102. The number of aromatic nitrogens is 1. The summed E-state index contributed by atoms with van der Waals surface area (Å²) in [6, 6.07) is 21.1. The average Bonchev–Trinajstić information content (AvgIpc) is 3.49. The van der Waals surface area contributed by atoms with Crippen LogP contribution < -0.4 is 19.5 Å². The van der Waals surface area contributed by atoms with E-state index in [1.165, 1.54) is 24.5 Å². The fourth-order valence-corrected chi connectivity index (χ4v) is 6.08. The van der Waals surface area contributed by atoms with Crippen LogP contribution in [-0.2, 0) is 11.3 Å². The maximum absolute atomic E-state index is 14.2. The molecule has 1 amide bonds. The first-order valence-corrected chi connectivity index (χ1v) is 15.6. The zero-order valence-electron chi connectivity index (χ0n) is 24.0. The lowest BCUT2D eigenvalue weighted by Crippen LogP contribution is -2.28. The van der Waals surface area contributed by atoms with Gasteiger partial charge in [0.15, 0.2) is 11.5 Å². The molecule has 11 heteroatoms. The van der Waals surface area contributed by atoms with E-state index in [0.717, 1.165) is 25.8 Å². The molecule has 0 fully saturated rings. The Morgan fingerprint density at radius 2 is 1.84 bits per heavy atom. The molecule has 2 heterocycles. The van der Waals surface area contributed by atoms with Crippen molar-refractivity contribution in [2.24, 2.45) is 0 Å². The van der Waals surface area contributed by atoms with Crippen LogP contribution in [0, 0.1) is 9.39 Å². The van der Waals surface area contributed by atoms with Crippen LogP contribution in [0.4, 0.5) is 4.39 Å². The molecule has 5 rings (SSSR count). The van der Waals surface area contributed by atoms with Crippen molar-refractivity contribution in [3.63, 3.8) is 0 Å². The van der Waals surface area contributed by atoms with E-state index in [1.807, 2.05) is 41.8 Å². The molecule has 5 aromatic rings. The van der Waals surface area contributed by atoms with Gasteiger partial charge in [-0.2, -0.15) is 0 Å². The Labute approximate surface area is 271 Å². The van der Waals surface area contributed by atoms with Gasteiger partial charge in [0.2, 0.25) is 0 Å². The number of carbonyl (C=O) groups excluding carboxylic acids is 1. The van der Waals surface area contributed by atoms with Gasteiger partial charge < -0.3 is 29.4 Å². The lowest BCUT2D eigenvalue weighted by atomic mass is 10.1. The Bertz CT molecular complexity index is 1750. The molecule has 0 saturated carbocycles. The van der Waals surface area contributed by atoms with Crippen molar-refractivity contribution in [2.45, 2.75) is 12.7 Å². The van der Waals surface area contributed by atoms with Crippen LogP contribution in [-0.4, -0.2) is 50.0 Å². The number of ether oxygens (including phenoxy) is 4. The maximum Gasteiger partial charge on any atom is 0.251 e. The van der Waals surface area contributed by atoms with E-state index in [-0.39, 0.29) is 18.3 Å². The fourth-order valence-electron chi connectivity index (χ4n) is 4.49. The van der Waals surface area contributed by atoms with Crippen molar-refractivity contribution in [3.8, 4) is 28.5 Å². The number of halogens is 2. The van der Waals surface area contributed by atoms with Gasteiger partial charge >= 0.3 is 0 Å². The lowest BCUT2D eigenvalue weighted by molar-refractivity contribution is 0.0877. The Morgan fingerprint density at radius 1 is 1.02 bits per heavy atom. The van der Waals surface area contributed by atoms with Crippen molar-refractivity contribution in [1.29, 1.82) is 0 Å². The third-order valence-electron chi connectivity index (χ3n) is 6.77. The van der Waals surface area contributed by atoms with Gasteiger partial charge in [-0.05, 0) is 76.7 Å². The smallest absolute Gasteiger partial charge is 0.251 e. The van der Waals surface area contributed by atoms with Gasteiger partial charge in [-0.3, -0.25) is 4.79 Å². The van der Waals surface area contributed by atoms with Crippen LogP contribution in [0.1, 0.15) is 27.7 Å². The number of thiophene rings is 1. The summed E-state index contributed by atoms with van der Waals surface area (Å²) in [5.74, 6) is 1.00. The molecule has 3 aromatic carbocycles. The number of hydrogen-bond acceptors (Lipinski definition) is 8. The van der Waals surface area contributed by atoms with E-state index in [9.17, 15) is 14.3 Å². The summed E-state index contributed by atoms with van der Waals surface area (Å²) in [5, 5.41) is 16.3. The van der Waals surface area contributed by atoms with Gasteiger partial charge in [0.05, 0.1) is 43.5 Å². The van der Waals surface area contributed by atoms with E-state index >= 15 is 0 Å². The van der Waals surface area contributed by atoms with Crippen LogP contribution in [0.5, 0.6) is 17.2 Å². The largest absolute Gasteiger partial charge is 0.497 e. The lowest BCUT2D eigenvalue weighted by Gasteiger charge is -2.15. The fraction of sp³-hybridized carbons (Fsp3) is 0.212. The molecule has 44 heavy (non-hydrogen) atoms. The van der Waals surface area contributed by atoms with Gasteiger partial charge in [0.1, 0.15) is 24.3 Å². The van der Waals surface area contributed by atoms with Crippen LogP contribution >= 0.6 is 33.9 Å². The molecule has 0 aliphatic carbocycles. The molecule has 2 N–H and O–H groups in total. The zero-order valence-corrected chi connectivity index (χ0v) is 27.0. The number of benzene rings is 3. The van der Waals surface area contributed by atoms with E-state index in [1.54, 1.807) is 37.4 Å². The molecule has 0 bridgehead atoms. The second-order valence-corrected chi connectivity index (χ2v) is 11.8. The number of pyridine rings is 1. The highest BCUT2D eigenvalue weighted by Crippen LogP contribution is 2.35. The molecule has 8 nitrogen and oxygen atoms in total. The number of nitrogens with zero attached hydrogens (tertiary/aromatic N) is 1. The maximum atomic E-state index is 14.2. The number of carbonyl (C=O) groups is 1. The summed E-state index contributed by atoms with van der Waals surface area (Å²) in [4.78, 5) is 17.6. The highest BCUT2D eigenvalue weighted by molar-refractivity contribution is 14.1. The summed E-state index contributed by atoms with van der Waals surface area (Å²) >= 11 is 3.47. The van der Waals surface area contributed by atoms with E-state index in [0.29, 0.717) is 53.0 Å². The molecule has 0 aliphatic rings. The number of rotatable bonds is 13. The minimum atomic E-state index is -1.06. The van der Waals surface area contributed by atoms with E-state index < -0.39 is 6.10 Å². The van der Waals surface area contributed by atoms with Crippen LogP contribution in [0.15, 0.2) is 78.2 Å². The Balaban J connectivity index is 1.16. The summed E-state index contributed by atoms with van der Waals surface area (Å²) in [6.07, 6.45) is -1.06. The number of nitrogens with one attached hydrogen (secondary N) is 1. The predicted molar refractivity (Wildman–Crippen MR) is 176 cm³/mol. The Morgan fingerprint density at radius 3 is 2.61 bits per heavy atom. The standard InChI is InChI=1S/C33H30FIN2O6S/c1-40-23-9-6-20(7-10-23)18-42-12-13-43-30-11-8-21(14-31(30)41-2)33(39)36-17-29(38)28-16-22(35)15-27(37-28)25-19-44-32-24(25)4-3-5-26(32)34/h3-11,14-16,19,29,38H,12-13,17-18H2,1-2H3,(H,36,39). The normalized spacial score (nSPS) is 11.8. The molecule has 2 aromatic heterocycles. The van der Waals surface area contributed by atoms with Crippen molar-refractivity contribution in [2.75, 3.05) is 34.0 Å². The number of aliphatic hydroxyl groups is 1. The summed E-state index contributed by atoms with van der Waals surface area (Å²) in [5.41, 5.74) is 3.19. The monoisotopic (exact) mass is 728 g/mol. The van der Waals surface area contributed by atoms with Gasteiger partial charge in [-0.15, -0.1) is 11.3 Å². The third kappa shape index (κ3) is 7.65. The molecule has 1 atom stereocenters. The first kappa shape index (κ1) is 31.6. The van der Waals surface area contributed by atoms with Crippen molar-refractivity contribution < 1.29 is 33.2 Å². The second-order valence-electron chi connectivity index (χ2n) is 9.70. The number of methoxy groups -OCH3 is 2. The molecule has 228 valence electrons. The third-order valence-corrected chi connectivity index (χ3v) is 8.40. The van der Waals surface area contributed by atoms with Crippen molar-refractivity contribution >= 4 is 49.9 Å². The van der Waals surface area contributed by atoms with Crippen LogP contribution in [0.2, 0.25) is 0 Å². The molecule has 0 aliphatic heterocycles. The Hall–Kier alpha value is -3.78. The molecular weight excluding hydrogens is 698 g/mol. The average molecular weight is 729 g/mol. The molecule has 0 spiro atoms. The number of amides is 1. The number of hydrogen-bond donors (Lipinski definition) is 2. The number of aliphatic hydroxyl groups excluding tert-OH is 1. The first-order valence-electron chi connectivity index (χ1n) is 13.7. The second kappa shape index (κ2) is 14.8. The molecule has 1 unspecified atom stereocenters. The van der Waals surface area contributed by atoms with E-state index in [2.05, 4.69) is 32.9 Å². The molecule has 0 radical (unpaired) electrons. The van der Waals surface area contributed by atoms with Gasteiger partial charge in [0, 0.05) is 32.0 Å². The van der Waals surface area contributed by atoms with Crippen molar-refractivity contribution in [3.05, 3.63) is 104 Å². The van der Waals surface area contributed by atoms with Gasteiger partial charge in [-0.1, -0.05) is 24.3 Å². The van der Waals surface area contributed by atoms with Crippen molar-refractivity contribution in [1.82, 2.24) is 10.3 Å².